The molecule has 4 aromatic carbocycles. The van der Waals surface area contributed by atoms with Gasteiger partial charge in [0.25, 0.3) is 0 Å². The quantitative estimate of drug-likeness (QED) is 0.102. The van der Waals surface area contributed by atoms with Gasteiger partial charge in [0.1, 0.15) is 0 Å². The average Bonchev–Trinajstić information content (AvgIpc) is 3.47. The summed E-state index contributed by atoms with van der Waals surface area (Å²) in [5.74, 6) is 0. The van der Waals surface area contributed by atoms with Crippen LogP contribution >= 0.6 is 34.5 Å². The zero-order valence-corrected chi connectivity index (χ0v) is 30.2. The Morgan fingerprint density at radius 2 is 1.05 bits per heavy atom. The van der Waals surface area contributed by atoms with Gasteiger partial charge in [0.2, 0.25) is 0 Å². The van der Waals surface area contributed by atoms with Gasteiger partial charge in [-0.05, 0) is 35.5 Å². The van der Waals surface area contributed by atoms with Gasteiger partial charge in [-0.1, -0.05) is 96.2 Å². The van der Waals surface area contributed by atoms with E-state index in [1.165, 1.54) is 59.6 Å². The van der Waals surface area contributed by atoms with Crippen LogP contribution in [0.15, 0.2) is 72.8 Å². The van der Waals surface area contributed by atoms with Crippen molar-refractivity contribution < 1.29 is 17.0 Å². The molecule has 0 heterocycles. The van der Waals surface area contributed by atoms with Crippen molar-refractivity contribution in [1.29, 1.82) is 0 Å². The molecule has 0 aliphatic carbocycles. The van der Waals surface area contributed by atoms with E-state index in [0.29, 0.717) is 10.3 Å². The van der Waals surface area contributed by atoms with Crippen LogP contribution in [0.3, 0.4) is 0 Å². The first-order chi connectivity index (χ1) is 18.5. The fourth-order valence-electron chi connectivity index (χ4n) is 5.43. The molecule has 0 bridgehead atoms. The van der Waals surface area contributed by atoms with Crippen LogP contribution in [0.5, 0.6) is 0 Å². The minimum atomic E-state index is -0.556. The average molecular weight is 637 g/mol. The summed E-state index contributed by atoms with van der Waals surface area (Å²) >= 11 is -0.556. The number of hydrogen-bond acceptors (Lipinski definition) is 0. The number of halogens is 2. The fourth-order valence-corrected chi connectivity index (χ4v) is 12.3. The second-order valence-corrected chi connectivity index (χ2v) is 21.1. The van der Waals surface area contributed by atoms with Crippen molar-refractivity contribution in [2.45, 2.75) is 91.4 Å². The van der Waals surface area contributed by atoms with Gasteiger partial charge in [-0.15, -0.1) is 80.7 Å². The van der Waals surface area contributed by atoms with E-state index < -0.39 is 17.0 Å². The number of unbranched alkanes of at least 4 members (excludes halogenated alkanes) is 2. The van der Waals surface area contributed by atoms with Crippen LogP contribution in [0.2, 0.25) is 0 Å². The van der Waals surface area contributed by atoms with Crippen LogP contribution in [-0.2, 0) is 17.0 Å². The monoisotopic (exact) mass is 636 g/mol. The Morgan fingerprint density at radius 3 is 1.44 bits per heavy atom. The molecule has 0 radical (unpaired) electrons. The molecule has 0 atom stereocenters. The van der Waals surface area contributed by atoms with Gasteiger partial charge < -0.3 is 0 Å². The molecule has 0 N–H and O–H groups in total. The van der Waals surface area contributed by atoms with Crippen molar-refractivity contribution in [3.8, 4) is 0 Å². The van der Waals surface area contributed by atoms with E-state index in [2.05, 4.69) is 128 Å². The molecular weight excluding hydrogens is 589 g/mol. The second kappa shape index (κ2) is 17.1. The molecule has 0 unspecified atom stereocenters. The molecule has 214 valence electrons. The number of benzene rings is 2. The summed E-state index contributed by atoms with van der Waals surface area (Å²) in [5.41, 5.74) is 0. The molecule has 4 aromatic rings. The van der Waals surface area contributed by atoms with Gasteiger partial charge in [0, 0.05) is 0 Å². The zero-order valence-electron chi connectivity index (χ0n) is 25.3. The molecule has 0 aromatic heterocycles. The molecule has 0 spiro atoms. The third-order valence-electron chi connectivity index (χ3n) is 6.73. The summed E-state index contributed by atoms with van der Waals surface area (Å²) in [5, 5.41) is 9.48. The second-order valence-electron chi connectivity index (χ2n) is 12.1. The van der Waals surface area contributed by atoms with E-state index in [0.717, 1.165) is 0 Å². The molecule has 0 saturated carbocycles. The zero-order chi connectivity index (χ0) is 29.1. The Bertz CT molecular complexity index is 1140. The first kappa shape index (κ1) is 35.0. The molecule has 0 fully saturated rings. The summed E-state index contributed by atoms with van der Waals surface area (Å²) < 4.78 is 0. The maximum absolute atomic E-state index is 4.89. The third kappa shape index (κ3) is 11.2. The van der Waals surface area contributed by atoms with Crippen LogP contribution in [0.25, 0.3) is 21.5 Å². The van der Waals surface area contributed by atoms with Crippen molar-refractivity contribution in [3.63, 3.8) is 0 Å². The molecule has 5 heteroatoms. The molecule has 39 heavy (non-hydrogen) atoms. The Hall–Kier alpha value is -0.186. The first-order valence-electron chi connectivity index (χ1n) is 14.3. The summed E-state index contributed by atoms with van der Waals surface area (Å²) in [7, 11) is 9.68. The van der Waals surface area contributed by atoms with Gasteiger partial charge in [0.05, 0.1) is 0 Å². The van der Waals surface area contributed by atoms with Crippen molar-refractivity contribution in [2.75, 3.05) is 12.3 Å². The van der Waals surface area contributed by atoms with E-state index in [1.54, 1.807) is 10.6 Å². The van der Waals surface area contributed by atoms with Crippen LogP contribution < -0.4 is 10.6 Å². The molecule has 0 amide bonds. The van der Waals surface area contributed by atoms with E-state index in [4.69, 9.17) is 18.6 Å². The Kier molecular flexibility index (Phi) is 15.3. The van der Waals surface area contributed by atoms with Crippen LogP contribution in [0.1, 0.15) is 81.1 Å². The molecule has 0 nitrogen and oxygen atoms in total. The van der Waals surface area contributed by atoms with Gasteiger partial charge in [-0.25, -0.2) is 0 Å². The van der Waals surface area contributed by atoms with Crippen molar-refractivity contribution in [3.05, 3.63) is 72.8 Å². The number of hydrogen-bond donors (Lipinski definition) is 0. The summed E-state index contributed by atoms with van der Waals surface area (Å²) in [6.45, 7) is 18.9. The molecular formula is C34H48Cl2P2Ti-2. The first-order valence-corrected chi connectivity index (χ1v) is 21.6. The molecule has 0 saturated heterocycles. The predicted octanol–water partition coefficient (Wildman–Crippen LogP) is 11.9. The molecule has 0 aliphatic rings. The Morgan fingerprint density at radius 1 is 0.667 bits per heavy atom. The van der Waals surface area contributed by atoms with Gasteiger partial charge in [0.15, 0.2) is 0 Å². The van der Waals surface area contributed by atoms with E-state index >= 15 is 0 Å². The minimum absolute atomic E-state index is 0.0856. The van der Waals surface area contributed by atoms with Crippen molar-refractivity contribution >= 4 is 66.6 Å². The maximum atomic E-state index is 4.89. The summed E-state index contributed by atoms with van der Waals surface area (Å²) in [6.07, 6.45) is 8.26. The van der Waals surface area contributed by atoms with Crippen molar-refractivity contribution in [2.24, 2.45) is 0 Å². The van der Waals surface area contributed by atoms with E-state index in [-0.39, 0.29) is 15.8 Å². The standard InChI is InChI=1S/2C17H24P.2ClH.Ti/c1-16(2,3)18(17(4,5)6)15-11-13-9-7-8-10-14(13)12-15;1-3-5-11-18(12-6-4-2)17-13-15-9-7-8-10-16(15)14-17;;;/h7-12H,1-6H3;7-10,13-14H,3-6,11-12H2,1-2H3;2*1H;/q2*-1;;;+2/p-2. The number of rotatable bonds is 8. The SMILES string of the molecule is CC(C)(C)P(c1cc2ccccc2[cH-]1)C(C)(C)C.CCCCP(CCCC)c1cc2ccccc2[cH-]1.[Cl][Ti][Cl]. The van der Waals surface area contributed by atoms with Gasteiger partial charge >= 0.3 is 35.6 Å². The fraction of sp³-hybridized carbons (Fsp3) is 0.471. The summed E-state index contributed by atoms with van der Waals surface area (Å²) in [4.78, 5) is 0. The van der Waals surface area contributed by atoms with E-state index in [1.807, 2.05) is 0 Å². The Balaban J connectivity index is 0.000000249. The number of fused-ring (bicyclic) bond motifs is 2. The summed E-state index contributed by atoms with van der Waals surface area (Å²) in [6, 6.07) is 27.1. The Labute approximate surface area is 258 Å². The molecule has 4 rings (SSSR count). The molecule has 0 aliphatic heterocycles. The normalized spacial score (nSPS) is 11.9. The van der Waals surface area contributed by atoms with E-state index in [9.17, 15) is 0 Å². The van der Waals surface area contributed by atoms with Gasteiger partial charge in [-0.3, -0.25) is 0 Å². The van der Waals surface area contributed by atoms with Crippen LogP contribution in [0.4, 0.5) is 0 Å². The van der Waals surface area contributed by atoms with Gasteiger partial charge in [-0.2, -0.15) is 12.1 Å². The predicted molar refractivity (Wildman–Crippen MR) is 183 cm³/mol. The van der Waals surface area contributed by atoms with Crippen molar-refractivity contribution in [1.82, 2.24) is 0 Å². The van der Waals surface area contributed by atoms with Crippen LogP contribution in [-0.4, -0.2) is 22.6 Å². The third-order valence-corrected chi connectivity index (χ3v) is 12.9. The topological polar surface area (TPSA) is 0 Å². The van der Waals surface area contributed by atoms with Crippen LogP contribution in [0, 0.1) is 0 Å².